The van der Waals surface area contributed by atoms with Gasteiger partial charge in [0.15, 0.2) is 6.23 Å². The minimum Gasteiger partial charge on any atom is -0.445 e. The Morgan fingerprint density at radius 2 is 2.04 bits per heavy atom. The molecular weight excluding hydrogens is 310 g/mol. The quantitative estimate of drug-likeness (QED) is 0.492. The summed E-state index contributed by atoms with van der Waals surface area (Å²) in [6.45, 7) is 3.06. The molecule has 0 spiro atoms. The lowest BCUT2D eigenvalue weighted by atomic mass is 9.81. The number of ether oxygens (including phenoxy) is 2. The second kappa shape index (κ2) is 7.23. The van der Waals surface area contributed by atoms with Crippen molar-refractivity contribution in [1.82, 2.24) is 26.4 Å². The van der Waals surface area contributed by atoms with Gasteiger partial charge in [-0.2, -0.15) is 0 Å². The maximum Gasteiger partial charge on any atom is 0.312 e. The highest BCUT2D eigenvalue weighted by atomic mass is 16.6. The van der Waals surface area contributed by atoms with Crippen LogP contribution >= 0.6 is 0 Å². The summed E-state index contributed by atoms with van der Waals surface area (Å²) in [5.74, 6) is -0.141. The third-order valence-corrected chi connectivity index (χ3v) is 5.94. The van der Waals surface area contributed by atoms with E-state index in [-0.39, 0.29) is 36.3 Å². The van der Waals surface area contributed by atoms with Crippen LogP contribution in [0.4, 0.5) is 0 Å². The van der Waals surface area contributed by atoms with E-state index in [4.69, 9.17) is 9.47 Å². The Hall–Kier alpha value is -0.770. The first-order valence-electron chi connectivity index (χ1n) is 9.20. The number of nitrogens with one attached hydrogen (secondary N) is 4. The SMILES string of the molecule is COC1CCC2NC(C3CCC(N4CCNC4)NN3)OC(=O)C2C1. The molecule has 6 atom stereocenters. The molecule has 24 heavy (non-hydrogen) atoms. The fourth-order valence-corrected chi connectivity index (χ4v) is 4.44. The number of rotatable bonds is 3. The van der Waals surface area contributed by atoms with E-state index in [2.05, 4.69) is 26.4 Å². The molecule has 3 saturated heterocycles. The van der Waals surface area contributed by atoms with Crippen molar-refractivity contribution in [2.75, 3.05) is 26.9 Å². The van der Waals surface area contributed by atoms with Gasteiger partial charge in [-0.05, 0) is 32.1 Å². The number of methoxy groups -OCH3 is 1. The number of hydrogen-bond donors (Lipinski definition) is 4. The summed E-state index contributed by atoms with van der Waals surface area (Å²) in [7, 11) is 1.72. The van der Waals surface area contributed by atoms with Crippen molar-refractivity contribution >= 4 is 5.97 Å². The normalized spacial score (nSPS) is 44.1. The molecule has 0 aromatic carbocycles. The molecule has 1 aliphatic carbocycles. The molecule has 4 rings (SSSR count). The predicted molar refractivity (Wildman–Crippen MR) is 87.6 cm³/mol. The third kappa shape index (κ3) is 3.31. The van der Waals surface area contributed by atoms with Crippen LogP contribution in [0.2, 0.25) is 0 Å². The summed E-state index contributed by atoms with van der Waals surface area (Å²) >= 11 is 0. The molecule has 0 radical (unpaired) electrons. The molecule has 0 aromatic heterocycles. The van der Waals surface area contributed by atoms with E-state index < -0.39 is 0 Å². The van der Waals surface area contributed by atoms with Crippen LogP contribution in [-0.4, -0.2) is 68.3 Å². The highest BCUT2D eigenvalue weighted by Gasteiger charge is 2.44. The predicted octanol–water partition coefficient (Wildman–Crippen LogP) is -0.912. The van der Waals surface area contributed by atoms with E-state index in [1.807, 2.05) is 0 Å². The Kier molecular flexibility index (Phi) is 5.03. The van der Waals surface area contributed by atoms with Crippen LogP contribution < -0.4 is 21.5 Å². The Balaban J connectivity index is 1.31. The standard InChI is InChI=1S/C16H29N5O3/c1-23-10-2-3-12-11(8-10)16(22)24-15(18-12)13-4-5-14(20-19-13)21-7-6-17-9-21/h10-15,17-20H,2-9H2,1H3. The molecule has 6 unspecified atom stereocenters. The van der Waals surface area contributed by atoms with Gasteiger partial charge < -0.3 is 14.8 Å². The Bertz CT molecular complexity index is 451. The van der Waals surface area contributed by atoms with Gasteiger partial charge in [-0.1, -0.05) is 0 Å². The molecule has 0 aromatic rings. The lowest BCUT2D eigenvalue weighted by Gasteiger charge is -2.45. The zero-order valence-corrected chi connectivity index (χ0v) is 14.3. The van der Waals surface area contributed by atoms with E-state index in [0.29, 0.717) is 6.17 Å². The lowest BCUT2D eigenvalue weighted by molar-refractivity contribution is -0.174. The first kappa shape index (κ1) is 16.7. The topological polar surface area (TPSA) is 86.9 Å². The van der Waals surface area contributed by atoms with E-state index in [1.54, 1.807) is 7.11 Å². The highest BCUT2D eigenvalue weighted by molar-refractivity contribution is 5.74. The van der Waals surface area contributed by atoms with Crippen LogP contribution in [0.1, 0.15) is 32.1 Å². The van der Waals surface area contributed by atoms with Crippen LogP contribution in [0.15, 0.2) is 0 Å². The van der Waals surface area contributed by atoms with Gasteiger partial charge in [0.25, 0.3) is 0 Å². The second-order valence-electron chi connectivity index (χ2n) is 7.37. The molecule has 3 aliphatic heterocycles. The van der Waals surface area contributed by atoms with Gasteiger partial charge in [-0.3, -0.25) is 15.0 Å². The number of hydrazine groups is 1. The Morgan fingerprint density at radius 3 is 2.75 bits per heavy atom. The summed E-state index contributed by atoms with van der Waals surface area (Å²) in [4.78, 5) is 14.8. The zero-order valence-electron chi connectivity index (χ0n) is 14.3. The van der Waals surface area contributed by atoms with Gasteiger partial charge in [-0.25, -0.2) is 10.9 Å². The fourth-order valence-electron chi connectivity index (χ4n) is 4.44. The summed E-state index contributed by atoms with van der Waals surface area (Å²) in [5.41, 5.74) is 6.76. The van der Waals surface area contributed by atoms with Crippen LogP contribution in [0.3, 0.4) is 0 Å². The number of fused-ring (bicyclic) bond motifs is 1. The number of hydrogen-bond acceptors (Lipinski definition) is 8. The number of esters is 1. The van der Waals surface area contributed by atoms with Gasteiger partial charge in [0.1, 0.15) is 0 Å². The van der Waals surface area contributed by atoms with Crippen molar-refractivity contribution in [3.05, 3.63) is 0 Å². The number of nitrogens with zero attached hydrogens (tertiary/aromatic N) is 1. The average Bonchev–Trinajstić information content (AvgIpc) is 3.16. The number of carbonyl (C=O) groups is 1. The van der Waals surface area contributed by atoms with Gasteiger partial charge in [0, 0.05) is 32.9 Å². The number of cyclic esters (lactones) is 1. The molecule has 136 valence electrons. The summed E-state index contributed by atoms with van der Waals surface area (Å²) in [6.07, 6.45) is 5.05. The summed E-state index contributed by atoms with van der Waals surface area (Å²) in [6, 6.07) is 0.326. The minimum absolute atomic E-state index is 0.0695. The van der Waals surface area contributed by atoms with Gasteiger partial charge >= 0.3 is 5.97 Å². The van der Waals surface area contributed by atoms with Gasteiger partial charge in [-0.15, -0.1) is 0 Å². The highest BCUT2D eigenvalue weighted by Crippen LogP contribution is 2.32. The smallest absolute Gasteiger partial charge is 0.312 e. The van der Waals surface area contributed by atoms with Gasteiger partial charge in [0.05, 0.1) is 24.2 Å². The molecule has 4 N–H and O–H groups in total. The van der Waals surface area contributed by atoms with Crippen molar-refractivity contribution in [1.29, 1.82) is 0 Å². The maximum atomic E-state index is 12.4. The van der Waals surface area contributed by atoms with Crippen molar-refractivity contribution in [3.8, 4) is 0 Å². The molecule has 4 aliphatic rings. The lowest BCUT2D eigenvalue weighted by Crippen LogP contribution is -2.67. The summed E-state index contributed by atoms with van der Waals surface area (Å²) < 4.78 is 11.1. The van der Waals surface area contributed by atoms with Crippen molar-refractivity contribution in [2.24, 2.45) is 5.92 Å². The monoisotopic (exact) mass is 339 g/mol. The first-order valence-corrected chi connectivity index (χ1v) is 9.20. The summed E-state index contributed by atoms with van der Waals surface area (Å²) in [5, 5.41) is 6.91. The minimum atomic E-state index is -0.247. The largest absolute Gasteiger partial charge is 0.445 e. The van der Waals surface area contributed by atoms with E-state index in [0.717, 1.165) is 51.9 Å². The van der Waals surface area contributed by atoms with Crippen molar-refractivity contribution in [2.45, 2.75) is 62.7 Å². The zero-order chi connectivity index (χ0) is 16.5. The molecule has 3 heterocycles. The molecule has 1 saturated carbocycles. The van der Waals surface area contributed by atoms with E-state index in [9.17, 15) is 4.79 Å². The number of carbonyl (C=O) groups excluding carboxylic acids is 1. The molecule has 0 bridgehead atoms. The fraction of sp³-hybridized carbons (Fsp3) is 0.938. The molecule has 8 heteroatoms. The van der Waals surface area contributed by atoms with E-state index in [1.165, 1.54) is 0 Å². The van der Waals surface area contributed by atoms with Crippen molar-refractivity contribution in [3.63, 3.8) is 0 Å². The van der Waals surface area contributed by atoms with Crippen LogP contribution in [0.5, 0.6) is 0 Å². The molecule has 4 fully saturated rings. The molecule has 8 nitrogen and oxygen atoms in total. The Morgan fingerprint density at radius 1 is 1.17 bits per heavy atom. The van der Waals surface area contributed by atoms with Gasteiger partial charge in [0.2, 0.25) is 0 Å². The van der Waals surface area contributed by atoms with Crippen LogP contribution in [0.25, 0.3) is 0 Å². The van der Waals surface area contributed by atoms with Crippen LogP contribution in [0, 0.1) is 5.92 Å². The van der Waals surface area contributed by atoms with Crippen molar-refractivity contribution < 1.29 is 14.3 Å². The second-order valence-corrected chi connectivity index (χ2v) is 7.37. The molecule has 0 amide bonds. The van der Waals surface area contributed by atoms with E-state index >= 15 is 0 Å². The third-order valence-electron chi connectivity index (χ3n) is 5.94. The Labute approximate surface area is 143 Å². The molecular formula is C16H29N5O3. The maximum absolute atomic E-state index is 12.4. The van der Waals surface area contributed by atoms with Crippen LogP contribution in [-0.2, 0) is 14.3 Å². The first-order chi connectivity index (χ1) is 11.7. The average molecular weight is 339 g/mol.